The van der Waals surface area contributed by atoms with Crippen LogP contribution >= 0.6 is 11.6 Å². The number of aryl methyl sites for hydroxylation is 1. The summed E-state index contributed by atoms with van der Waals surface area (Å²) in [4.78, 5) is 22.5. The zero-order valence-electron chi connectivity index (χ0n) is 19.9. The summed E-state index contributed by atoms with van der Waals surface area (Å²) in [5.41, 5.74) is 2.58. The number of oxime groups is 1. The van der Waals surface area contributed by atoms with E-state index in [9.17, 15) is 19.2 Å². The third-order valence-electron chi connectivity index (χ3n) is 6.05. The van der Waals surface area contributed by atoms with Crippen LogP contribution in [0.2, 0.25) is 5.02 Å². The smallest absolute Gasteiger partial charge is 0.449 e. The highest BCUT2D eigenvalue weighted by atomic mass is 35.5. The van der Waals surface area contributed by atoms with E-state index in [-0.39, 0.29) is 22.7 Å². The summed E-state index contributed by atoms with van der Waals surface area (Å²) in [6, 6.07) is 18.0. The number of aromatic nitrogens is 1. The molecule has 0 saturated heterocycles. The Kier molecular flexibility index (Phi) is 7.87. The van der Waals surface area contributed by atoms with Gasteiger partial charge in [0.1, 0.15) is 5.82 Å². The molecular weight excluding hydrogens is 518 g/mol. The summed E-state index contributed by atoms with van der Waals surface area (Å²) in [5, 5.41) is 22.2. The molecule has 7 nitrogen and oxygen atoms in total. The summed E-state index contributed by atoms with van der Waals surface area (Å²) in [6.07, 6.45) is -0.00481. The molecule has 3 aromatic carbocycles. The number of pyridine rings is 1. The average Bonchev–Trinajstić information content (AvgIpc) is 2.88. The van der Waals surface area contributed by atoms with Gasteiger partial charge in [0.25, 0.3) is 0 Å². The van der Waals surface area contributed by atoms with Gasteiger partial charge < -0.3 is 19.6 Å². The van der Waals surface area contributed by atoms with Crippen molar-refractivity contribution in [3.63, 3.8) is 0 Å². The first-order valence-electron chi connectivity index (χ1n) is 11.3. The van der Waals surface area contributed by atoms with Gasteiger partial charge in [0.05, 0.1) is 5.71 Å². The molecule has 0 radical (unpaired) electrons. The van der Waals surface area contributed by atoms with Crippen LogP contribution in [0.4, 0.5) is 13.6 Å². The minimum atomic E-state index is -1.62. The van der Waals surface area contributed by atoms with Gasteiger partial charge in [-0.15, -0.1) is 0 Å². The van der Waals surface area contributed by atoms with Gasteiger partial charge in [-0.2, -0.15) is 0 Å². The molecule has 0 amide bonds. The lowest BCUT2D eigenvalue weighted by atomic mass is 9.84. The predicted molar refractivity (Wildman–Crippen MR) is 138 cm³/mol. The molecule has 0 bridgehead atoms. The van der Waals surface area contributed by atoms with Gasteiger partial charge in [0.15, 0.2) is 11.6 Å². The Balaban J connectivity index is 1.71. The third-order valence-corrected chi connectivity index (χ3v) is 6.29. The molecule has 0 unspecified atom stereocenters. The van der Waals surface area contributed by atoms with E-state index in [1.165, 1.54) is 41.1 Å². The molecule has 1 heterocycles. The van der Waals surface area contributed by atoms with Crippen LogP contribution in [0.1, 0.15) is 29.0 Å². The predicted octanol–water partition coefficient (Wildman–Crippen LogP) is 6.44. The Morgan fingerprint density at radius 2 is 1.71 bits per heavy atom. The summed E-state index contributed by atoms with van der Waals surface area (Å²) >= 11 is 5.96. The molecule has 4 aromatic rings. The van der Waals surface area contributed by atoms with Crippen molar-refractivity contribution in [2.45, 2.75) is 12.3 Å². The van der Waals surface area contributed by atoms with Crippen LogP contribution < -0.4 is 10.3 Å². The second-order valence-electron chi connectivity index (χ2n) is 8.47. The molecule has 194 valence electrons. The van der Waals surface area contributed by atoms with Gasteiger partial charge in [-0.05, 0) is 52.6 Å². The van der Waals surface area contributed by atoms with Gasteiger partial charge in [0, 0.05) is 42.2 Å². The van der Waals surface area contributed by atoms with Crippen LogP contribution in [0.25, 0.3) is 11.1 Å². The van der Waals surface area contributed by atoms with Gasteiger partial charge in [-0.3, -0.25) is 4.79 Å². The fraction of sp³-hybridized carbons (Fsp3) is 0.107. The van der Waals surface area contributed by atoms with E-state index in [4.69, 9.17) is 16.7 Å². The SMILES string of the molecule is Cn1cc(/C(C[C@H](c2ccc(-c3ccc(OC(=O)O)c(F)c3)cc2)c2ccc(Cl)cc2F)=N/O)ccc1=O. The first-order chi connectivity index (χ1) is 18.2. The maximum atomic E-state index is 15.0. The fourth-order valence-electron chi connectivity index (χ4n) is 4.13. The number of hydrogen-bond acceptors (Lipinski definition) is 5. The minimum absolute atomic E-state index is 0.0858. The second-order valence-corrected chi connectivity index (χ2v) is 8.91. The van der Waals surface area contributed by atoms with Gasteiger partial charge in [-0.25, -0.2) is 13.6 Å². The van der Waals surface area contributed by atoms with Crippen LogP contribution in [0.3, 0.4) is 0 Å². The molecule has 0 spiro atoms. The van der Waals surface area contributed by atoms with Crippen molar-refractivity contribution in [2.75, 3.05) is 0 Å². The van der Waals surface area contributed by atoms with Crippen LogP contribution in [0.15, 0.2) is 88.9 Å². The fourth-order valence-corrected chi connectivity index (χ4v) is 4.29. The van der Waals surface area contributed by atoms with E-state index in [2.05, 4.69) is 9.89 Å². The van der Waals surface area contributed by atoms with E-state index in [1.54, 1.807) is 43.4 Å². The summed E-state index contributed by atoms with van der Waals surface area (Å²) in [5.74, 6) is -2.39. The average molecular weight is 539 g/mol. The molecule has 0 saturated carbocycles. The first-order valence-corrected chi connectivity index (χ1v) is 11.7. The highest BCUT2D eigenvalue weighted by Crippen LogP contribution is 2.34. The van der Waals surface area contributed by atoms with Gasteiger partial charge in [0.2, 0.25) is 5.56 Å². The number of rotatable bonds is 7. The number of hydrogen-bond donors (Lipinski definition) is 2. The molecule has 1 atom stereocenters. The zero-order chi connectivity index (χ0) is 27.4. The van der Waals surface area contributed by atoms with E-state index < -0.39 is 29.5 Å². The number of carbonyl (C=O) groups is 1. The maximum absolute atomic E-state index is 15.0. The van der Waals surface area contributed by atoms with Crippen molar-refractivity contribution in [1.82, 2.24) is 4.57 Å². The lowest BCUT2D eigenvalue weighted by Crippen LogP contribution is -2.18. The largest absolute Gasteiger partial charge is 0.511 e. The highest BCUT2D eigenvalue weighted by Gasteiger charge is 2.22. The topological polar surface area (TPSA) is 101 Å². The van der Waals surface area contributed by atoms with E-state index >= 15 is 4.39 Å². The lowest BCUT2D eigenvalue weighted by Gasteiger charge is -2.20. The number of halogens is 3. The first kappa shape index (κ1) is 26.6. The van der Waals surface area contributed by atoms with Gasteiger partial charge in [-0.1, -0.05) is 53.2 Å². The summed E-state index contributed by atoms with van der Waals surface area (Å²) in [6.45, 7) is 0. The third kappa shape index (κ3) is 5.90. The molecule has 38 heavy (non-hydrogen) atoms. The Morgan fingerprint density at radius 1 is 1.00 bits per heavy atom. The standard InChI is InChI=1S/C28H21ClF2N2O5/c1-33-15-19(7-11-27(33)34)25(32-37)14-22(21-9-8-20(29)13-23(21)30)17-4-2-16(3-5-17)18-6-10-26(24(31)12-18)38-28(35)36/h2-13,15,22,37H,14H2,1H3,(H,35,36)/b32-25+/t22-/m1/s1. The Labute approximate surface area is 220 Å². The number of nitrogens with zero attached hydrogens (tertiary/aromatic N) is 2. The van der Waals surface area contributed by atoms with Crippen molar-refractivity contribution >= 4 is 23.5 Å². The molecule has 10 heteroatoms. The minimum Gasteiger partial charge on any atom is -0.449 e. The van der Waals surface area contributed by atoms with Crippen LogP contribution in [0.5, 0.6) is 5.75 Å². The summed E-state index contributed by atoms with van der Waals surface area (Å²) < 4.78 is 35.1. The van der Waals surface area contributed by atoms with Gasteiger partial charge >= 0.3 is 6.16 Å². The van der Waals surface area contributed by atoms with E-state index in [0.717, 1.165) is 6.07 Å². The quantitative estimate of drug-likeness (QED) is 0.0926. The van der Waals surface area contributed by atoms with E-state index in [0.29, 0.717) is 27.8 Å². The Hall–Kier alpha value is -4.50. The monoisotopic (exact) mass is 538 g/mol. The number of ether oxygens (including phenoxy) is 1. The van der Waals surface area contributed by atoms with Crippen molar-refractivity contribution in [3.05, 3.63) is 123 Å². The second kappa shape index (κ2) is 11.3. The van der Waals surface area contributed by atoms with Crippen molar-refractivity contribution < 1.29 is 28.6 Å². The normalized spacial score (nSPS) is 12.3. The molecule has 0 aliphatic carbocycles. The molecule has 2 N–H and O–H groups in total. The maximum Gasteiger partial charge on any atom is 0.511 e. The molecule has 0 aliphatic heterocycles. The van der Waals surface area contributed by atoms with Crippen LogP contribution in [-0.2, 0) is 7.05 Å². The van der Waals surface area contributed by atoms with Crippen molar-refractivity contribution in [3.8, 4) is 16.9 Å². The zero-order valence-corrected chi connectivity index (χ0v) is 20.7. The lowest BCUT2D eigenvalue weighted by molar-refractivity contribution is 0.142. The molecular formula is C28H21ClF2N2O5. The van der Waals surface area contributed by atoms with Crippen molar-refractivity contribution in [2.24, 2.45) is 12.2 Å². The molecule has 0 fully saturated rings. The van der Waals surface area contributed by atoms with Crippen molar-refractivity contribution in [1.29, 1.82) is 0 Å². The van der Waals surface area contributed by atoms with E-state index in [1.807, 2.05) is 0 Å². The molecule has 4 rings (SSSR count). The summed E-state index contributed by atoms with van der Waals surface area (Å²) in [7, 11) is 1.57. The molecule has 1 aromatic heterocycles. The van der Waals surface area contributed by atoms with Crippen LogP contribution in [-0.4, -0.2) is 26.7 Å². The highest BCUT2D eigenvalue weighted by molar-refractivity contribution is 6.30. The Bertz CT molecular complexity index is 1590. The van der Waals surface area contributed by atoms with Crippen LogP contribution in [0, 0.1) is 11.6 Å². The number of carboxylic acid groups (broad SMARTS) is 1. The Morgan fingerprint density at radius 3 is 2.32 bits per heavy atom. The molecule has 0 aliphatic rings. The number of benzene rings is 3.